The van der Waals surface area contributed by atoms with Crippen LogP contribution in [0.25, 0.3) is 0 Å². The molecule has 4 rings (SSSR count). The van der Waals surface area contributed by atoms with Gasteiger partial charge in [0.15, 0.2) is 0 Å². The summed E-state index contributed by atoms with van der Waals surface area (Å²) in [6, 6.07) is 16.4. The van der Waals surface area contributed by atoms with E-state index in [1.54, 1.807) is 12.1 Å². The van der Waals surface area contributed by atoms with Gasteiger partial charge >= 0.3 is 0 Å². The Balaban J connectivity index is 1.35. The summed E-state index contributed by atoms with van der Waals surface area (Å²) in [6.45, 7) is 6.58. The van der Waals surface area contributed by atoms with Crippen LogP contribution in [0.15, 0.2) is 54.6 Å². The molecule has 2 aromatic rings. The molecule has 34 heavy (non-hydrogen) atoms. The summed E-state index contributed by atoms with van der Waals surface area (Å²) in [5.74, 6) is 0.0949. The van der Waals surface area contributed by atoms with E-state index in [0.717, 1.165) is 62.9 Å². The molecular formula is C28H36FN3O2. The molecule has 5 nitrogen and oxygen atoms in total. The Bertz CT molecular complexity index is 959. The highest BCUT2D eigenvalue weighted by atomic mass is 19.1. The van der Waals surface area contributed by atoms with Gasteiger partial charge in [-0.2, -0.15) is 0 Å². The van der Waals surface area contributed by atoms with Crippen molar-refractivity contribution in [2.45, 2.75) is 51.6 Å². The third-order valence-electron chi connectivity index (χ3n) is 7.11. The number of amides is 2. The zero-order valence-electron chi connectivity index (χ0n) is 20.2. The fourth-order valence-corrected chi connectivity index (χ4v) is 5.39. The first-order valence-corrected chi connectivity index (χ1v) is 12.7. The Morgan fingerprint density at radius 3 is 2.47 bits per heavy atom. The summed E-state index contributed by atoms with van der Waals surface area (Å²) in [5, 5.41) is 0. The average molecular weight is 466 g/mol. The lowest BCUT2D eigenvalue weighted by Crippen LogP contribution is -2.52. The fourth-order valence-electron chi connectivity index (χ4n) is 5.39. The number of halogens is 1. The van der Waals surface area contributed by atoms with Crippen molar-refractivity contribution in [1.29, 1.82) is 0 Å². The van der Waals surface area contributed by atoms with Gasteiger partial charge in [-0.15, -0.1) is 0 Å². The number of rotatable bonds is 7. The molecule has 0 aliphatic carbocycles. The number of nitrogens with zero attached hydrogens (tertiary/aromatic N) is 3. The molecule has 2 aromatic carbocycles. The lowest BCUT2D eigenvalue weighted by Gasteiger charge is -2.41. The number of carbonyl (C=O) groups excluding carboxylic acids is 2. The summed E-state index contributed by atoms with van der Waals surface area (Å²) in [5.41, 5.74) is 1.68. The van der Waals surface area contributed by atoms with Crippen LogP contribution in [-0.4, -0.2) is 65.3 Å². The Hall–Kier alpha value is -2.73. The summed E-state index contributed by atoms with van der Waals surface area (Å²) in [7, 11) is 0. The van der Waals surface area contributed by atoms with Gasteiger partial charge in [-0.1, -0.05) is 37.3 Å². The van der Waals surface area contributed by atoms with Crippen molar-refractivity contribution in [1.82, 2.24) is 14.7 Å². The number of piperidine rings is 2. The number of carbonyl (C=O) groups is 2. The quantitative estimate of drug-likeness (QED) is 0.601. The molecule has 0 saturated carbocycles. The molecule has 1 unspecified atom stereocenters. The largest absolute Gasteiger partial charge is 0.339 e. The summed E-state index contributed by atoms with van der Waals surface area (Å²) in [6.07, 6.45) is 4.46. The first-order valence-electron chi connectivity index (χ1n) is 12.7. The maximum absolute atomic E-state index is 13.6. The van der Waals surface area contributed by atoms with E-state index < -0.39 is 0 Å². The number of benzene rings is 2. The maximum atomic E-state index is 13.6. The lowest BCUT2D eigenvalue weighted by atomic mass is 9.93. The van der Waals surface area contributed by atoms with Gasteiger partial charge in [-0.25, -0.2) is 4.39 Å². The number of hydrogen-bond acceptors (Lipinski definition) is 3. The maximum Gasteiger partial charge on any atom is 0.253 e. The van der Waals surface area contributed by atoms with Crippen molar-refractivity contribution < 1.29 is 14.0 Å². The van der Waals surface area contributed by atoms with Crippen LogP contribution in [0.5, 0.6) is 0 Å². The van der Waals surface area contributed by atoms with E-state index >= 15 is 0 Å². The molecule has 0 radical (unpaired) electrons. The van der Waals surface area contributed by atoms with Gasteiger partial charge in [0.2, 0.25) is 5.91 Å². The second kappa shape index (κ2) is 11.6. The molecule has 2 aliphatic rings. The highest BCUT2D eigenvalue weighted by molar-refractivity contribution is 5.94. The molecule has 1 atom stereocenters. The smallest absolute Gasteiger partial charge is 0.253 e. The normalized spacial score (nSPS) is 19.7. The van der Waals surface area contributed by atoms with Crippen LogP contribution in [-0.2, 0) is 11.3 Å². The van der Waals surface area contributed by atoms with Gasteiger partial charge < -0.3 is 9.80 Å². The molecule has 6 heteroatoms. The van der Waals surface area contributed by atoms with E-state index in [2.05, 4.69) is 16.7 Å². The molecule has 2 saturated heterocycles. The van der Waals surface area contributed by atoms with Gasteiger partial charge in [-0.3, -0.25) is 14.5 Å². The number of hydrogen-bond donors (Lipinski definition) is 0. The van der Waals surface area contributed by atoms with Crippen molar-refractivity contribution in [2.24, 2.45) is 5.92 Å². The minimum absolute atomic E-state index is 0.0159. The van der Waals surface area contributed by atoms with E-state index in [4.69, 9.17) is 0 Å². The van der Waals surface area contributed by atoms with Crippen LogP contribution < -0.4 is 0 Å². The molecule has 0 N–H and O–H groups in total. The molecule has 0 aromatic heterocycles. The third kappa shape index (κ3) is 6.03. The summed E-state index contributed by atoms with van der Waals surface area (Å²) < 4.78 is 13.6. The van der Waals surface area contributed by atoms with E-state index in [0.29, 0.717) is 19.6 Å². The molecule has 0 spiro atoms. The van der Waals surface area contributed by atoms with Gasteiger partial charge in [0.1, 0.15) is 5.82 Å². The van der Waals surface area contributed by atoms with E-state index in [1.165, 1.54) is 6.07 Å². The topological polar surface area (TPSA) is 43.9 Å². The Morgan fingerprint density at radius 1 is 1.00 bits per heavy atom. The van der Waals surface area contributed by atoms with Crippen molar-refractivity contribution >= 4 is 11.8 Å². The molecule has 182 valence electrons. The van der Waals surface area contributed by atoms with Gasteiger partial charge in [0.05, 0.1) is 5.92 Å². The second-order valence-electron chi connectivity index (χ2n) is 9.63. The van der Waals surface area contributed by atoms with E-state index in [-0.39, 0.29) is 29.6 Å². The summed E-state index contributed by atoms with van der Waals surface area (Å²) >= 11 is 0. The highest BCUT2D eigenvalue weighted by Crippen LogP contribution is 2.25. The average Bonchev–Trinajstić information content (AvgIpc) is 2.87. The molecule has 0 bridgehead atoms. The molecule has 2 heterocycles. The van der Waals surface area contributed by atoms with Crippen LogP contribution in [0, 0.1) is 11.7 Å². The van der Waals surface area contributed by atoms with Crippen molar-refractivity contribution in [2.75, 3.05) is 32.7 Å². The van der Waals surface area contributed by atoms with Crippen LogP contribution in [0.2, 0.25) is 0 Å². The third-order valence-corrected chi connectivity index (χ3v) is 7.11. The fraction of sp³-hybridized carbons (Fsp3) is 0.500. The first-order chi connectivity index (χ1) is 16.5. The molecule has 2 fully saturated rings. The Labute approximate surface area is 202 Å². The standard InChI is InChI=1S/C28H36FN3O2/c1-2-15-32(26-13-17-31(18-14-26)27(33)23-9-4-3-5-10-23)28(34)24-11-7-16-30(21-24)20-22-8-6-12-25(29)19-22/h3-6,8-10,12,19,24,26H,2,7,11,13-18,20-21H2,1H3. The predicted octanol–water partition coefficient (Wildman–Crippen LogP) is 4.58. The lowest BCUT2D eigenvalue weighted by molar-refractivity contribution is -0.140. The predicted molar refractivity (Wildman–Crippen MR) is 132 cm³/mol. The first kappa shape index (κ1) is 24.4. The van der Waals surface area contributed by atoms with Gasteiger partial charge in [-0.05, 0) is 68.5 Å². The van der Waals surface area contributed by atoms with Crippen molar-refractivity contribution in [3.63, 3.8) is 0 Å². The van der Waals surface area contributed by atoms with E-state index in [1.807, 2.05) is 41.3 Å². The van der Waals surface area contributed by atoms with Gasteiger partial charge in [0, 0.05) is 44.3 Å². The van der Waals surface area contributed by atoms with Crippen LogP contribution in [0.1, 0.15) is 54.9 Å². The van der Waals surface area contributed by atoms with Crippen LogP contribution in [0.3, 0.4) is 0 Å². The second-order valence-corrected chi connectivity index (χ2v) is 9.63. The zero-order valence-corrected chi connectivity index (χ0v) is 20.2. The number of likely N-dealkylation sites (tertiary alicyclic amines) is 2. The molecule has 2 amide bonds. The highest BCUT2D eigenvalue weighted by Gasteiger charge is 2.34. The minimum Gasteiger partial charge on any atom is -0.339 e. The Morgan fingerprint density at radius 2 is 1.76 bits per heavy atom. The minimum atomic E-state index is -0.214. The SMILES string of the molecule is CCCN(C(=O)C1CCCN(Cc2cccc(F)c2)C1)C1CCN(C(=O)c2ccccc2)CC1. The monoisotopic (exact) mass is 465 g/mol. The van der Waals surface area contributed by atoms with Crippen LogP contribution >= 0.6 is 0 Å². The van der Waals surface area contributed by atoms with Crippen molar-refractivity contribution in [3.8, 4) is 0 Å². The zero-order chi connectivity index (χ0) is 23.9. The Kier molecular flexibility index (Phi) is 8.33. The molecular weight excluding hydrogens is 429 g/mol. The van der Waals surface area contributed by atoms with Crippen LogP contribution in [0.4, 0.5) is 4.39 Å². The van der Waals surface area contributed by atoms with Gasteiger partial charge in [0.25, 0.3) is 5.91 Å². The molecule has 2 aliphatic heterocycles. The summed E-state index contributed by atoms with van der Waals surface area (Å²) in [4.78, 5) is 32.7. The van der Waals surface area contributed by atoms with E-state index in [9.17, 15) is 14.0 Å². The van der Waals surface area contributed by atoms with Crippen molar-refractivity contribution in [3.05, 3.63) is 71.5 Å².